The molecule has 24 heavy (non-hydrogen) atoms. The van der Waals surface area contributed by atoms with Crippen LogP contribution < -0.4 is 10.9 Å². The molecule has 1 aromatic carbocycles. The van der Waals surface area contributed by atoms with E-state index in [1.807, 2.05) is 31.2 Å². The Morgan fingerprint density at radius 3 is 2.46 bits per heavy atom. The van der Waals surface area contributed by atoms with Gasteiger partial charge in [-0.25, -0.2) is 4.68 Å². The first-order valence-electron chi connectivity index (χ1n) is 7.39. The fraction of sp³-hybridized carbons (Fsp3) is 0.294. The molecule has 7 nitrogen and oxygen atoms in total. The lowest BCUT2D eigenvalue weighted by molar-refractivity contribution is -0.141. The molecule has 0 aliphatic carbocycles. The van der Waals surface area contributed by atoms with E-state index in [0.29, 0.717) is 0 Å². The van der Waals surface area contributed by atoms with Crippen molar-refractivity contribution < 1.29 is 14.3 Å². The van der Waals surface area contributed by atoms with Crippen LogP contribution in [0.3, 0.4) is 0 Å². The zero-order valence-corrected chi connectivity index (χ0v) is 13.8. The van der Waals surface area contributed by atoms with Gasteiger partial charge in [-0.2, -0.15) is 5.10 Å². The van der Waals surface area contributed by atoms with E-state index in [1.165, 1.54) is 26.3 Å². The number of esters is 1. The summed E-state index contributed by atoms with van der Waals surface area (Å²) in [5, 5.41) is 6.67. The molecule has 0 spiro atoms. The van der Waals surface area contributed by atoms with Crippen LogP contribution in [0.25, 0.3) is 0 Å². The lowest BCUT2D eigenvalue weighted by atomic mass is 10.0. The molecule has 0 radical (unpaired) electrons. The molecule has 2 rings (SSSR count). The Morgan fingerprint density at radius 2 is 1.88 bits per heavy atom. The quantitative estimate of drug-likeness (QED) is 0.830. The van der Waals surface area contributed by atoms with E-state index in [-0.39, 0.29) is 17.7 Å². The Kier molecular flexibility index (Phi) is 5.47. The molecular weight excluding hydrogens is 310 g/mol. The Balaban J connectivity index is 2.24. The molecule has 0 saturated heterocycles. The van der Waals surface area contributed by atoms with Crippen molar-refractivity contribution in [1.82, 2.24) is 15.1 Å². The van der Waals surface area contributed by atoms with Gasteiger partial charge in [-0.1, -0.05) is 29.8 Å². The Hall–Kier alpha value is -2.96. The maximum absolute atomic E-state index is 12.4. The number of aryl methyl sites for hydroxylation is 2. The highest BCUT2D eigenvalue weighted by Crippen LogP contribution is 2.18. The van der Waals surface area contributed by atoms with Crippen LogP contribution in [0.5, 0.6) is 0 Å². The summed E-state index contributed by atoms with van der Waals surface area (Å²) in [7, 11) is 2.76. The van der Waals surface area contributed by atoms with E-state index in [4.69, 9.17) is 4.74 Å². The fourth-order valence-corrected chi connectivity index (χ4v) is 2.16. The summed E-state index contributed by atoms with van der Waals surface area (Å²) in [6.45, 7) is 1.95. The fourth-order valence-electron chi connectivity index (χ4n) is 2.16. The van der Waals surface area contributed by atoms with Crippen LogP contribution in [0.4, 0.5) is 0 Å². The number of hydrogen-bond donors (Lipinski definition) is 1. The zero-order chi connectivity index (χ0) is 17.7. The molecule has 1 atom stereocenters. The number of amides is 1. The molecule has 0 saturated carbocycles. The smallest absolute Gasteiger partial charge is 0.307 e. The highest BCUT2D eigenvalue weighted by atomic mass is 16.5. The molecule has 1 N–H and O–H groups in total. The predicted molar refractivity (Wildman–Crippen MR) is 87.5 cm³/mol. The van der Waals surface area contributed by atoms with E-state index >= 15 is 0 Å². The van der Waals surface area contributed by atoms with Crippen molar-refractivity contribution >= 4 is 11.9 Å². The highest BCUT2D eigenvalue weighted by Gasteiger charge is 2.20. The first kappa shape index (κ1) is 17.4. The first-order valence-corrected chi connectivity index (χ1v) is 7.39. The molecule has 2 aromatic rings. The van der Waals surface area contributed by atoms with Crippen LogP contribution in [0.15, 0.2) is 41.2 Å². The number of nitrogens with one attached hydrogen (secondary N) is 1. The molecule has 1 unspecified atom stereocenters. The molecule has 0 aliphatic rings. The van der Waals surface area contributed by atoms with Gasteiger partial charge in [0, 0.05) is 13.1 Å². The summed E-state index contributed by atoms with van der Waals surface area (Å²) in [6, 6.07) is 9.55. The van der Waals surface area contributed by atoms with Crippen LogP contribution in [0.2, 0.25) is 0 Å². The van der Waals surface area contributed by atoms with E-state index in [2.05, 4.69) is 10.4 Å². The Morgan fingerprint density at radius 1 is 1.21 bits per heavy atom. The third kappa shape index (κ3) is 4.28. The van der Waals surface area contributed by atoms with Gasteiger partial charge in [-0.3, -0.25) is 14.4 Å². The van der Waals surface area contributed by atoms with Crippen LogP contribution >= 0.6 is 0 Å². The van der Waals surface area contributed by atoms with E-state index in [0.717, 1.165) is 15.8 Å². The van der Waals surface area contributed by atoms with Crippen molar-refractivity contribution in [3.05, 3.63) is 63.6 Å². The molecule has 1 amide bonds. The minimum Gasteiger partial charge on any atom is -0.469 e. The van der Waals surface area contributed by atoms with Gasteiger partial charge in [-0.05, 0) is 18.6 Å². The average molecular weight is 329 g/mol. The Bertz CT molecular complexity index is 796. The van der Waals surface area contributed by atoms with Crippen LogP contribution in [-0.4, -0.2) is 28.8 Å². The van der Waals surface area contributed by atoms with Crippen molar-refractivity contribution in [3.63, 3.8) is 0 Å². The van der Waals surface area contributed by atoms with Gasteiger partial charge in [0.2, 0.25) is 0 Å². The number of carbonyl (C=O) groups excluding carboxylic acids is 2. The second-order valence-electron chi connectivity index (χ2n) is 5.40. The molecule has 0 aliphatic heterocycles. The largest absolute Gasteiger partial charge is 0.469 e. The van der Waals surface area contributed by atoms with Crippen LogP contribution in [0, 0.1) is 6.92 Å². The molecule has 1 heterocycles. The summed E-state index contributed by atoms with van der Waals surface area (Å²) in [5.74, 6) is -0.908. The van der Waals surface area contributed by atoms with Crippen molar-refractivity contribution in [2.75, 3.05) is 7.11 Å². The van der Waals surface area contributed by atoms with Gasteiger partial charge >= 0.3 is 5.97 Å². The number of benzene rings is 1. The van der Waals surface area contributed by atoms with Crippen molar-refractivity contribution in [1.29, 1.82) is 0 Å². The lowest BCUT2D eigenvalue weighted by Gasteiger charge is -2.18. The predicted octanol–water partition coefficient (Wildman–Crippen LogP) is 1.12. The number of carbonyl (C=O) groups is 2. The first-order chi connectivity index (χ1) is 11.4. The number of nitrogens with zero attached hydrogens (tertiary/aromatic N) is 2. The summed E-state index contributed by atoms with van der Waals surface area (Å²) >= 11 is 0. The topological polar surface area (TPSA) is 90.3 Å². The second kappa shape index (κ2) is 7.54. The van der Waals surface area contributed by atoms with Gasteiger partial charge in [0.15, 0.2) is 0 Å². The van der Waals surface area contributed by atoms with Crippen molar-refractivity contribution in [2.45, 2.75) is 19.4 Å². The normalized spacial score (nSPS) is 11.6. The minimum absolute atomic E-state index is 0.00291. The van der Waals surface area contributed by atoms with Crippen molar-refractivity contribution in [3.8, 4) is 0 Å². The molecule has 0 fully saturated rings. The van der Waals surface area contributed by atoms with E-state index in [9.17, 15) is 14.4 Å². The van der Waals surface area contributed by atoms with E-state index < -0.39 is 17.9 Å². The summed E-state index contributed by atoms with van der Waals surface area (Å²) in [5.41, 5.74) is 1.64. The SMILES string of the molecule is COC(=O)CC(NC(=O)c1ccc(=O)n(C)n1)c1ccc(C)cc1. The van der Waals surface area contributed by atoms with Gasteiger partial charge in [0.1, 0.15) is 5.69 Å². The van der Waals surface area contributed by atoms with Crippen LogP contribution in [-0.2, 0) is 16.6 Å². The van der Waals surface area contributed by atoms with E-state index in [1.54, 1.807) is 0 Å². The second-order valence-corrected chi connectivity index (χ2v) is 5.40. The monoisotopic (exact) mass is 329 g/mol. The lowest BCUT2D eigenvalue weighted by Crippen LogP contribution is -2.32. The molecule has 0 bridgehead atoms. The number of aromatic nitrogens is 2. The summed E-state index contributed by atoms with van der Waals surface area (Å²) in [4.78, 5) is 35.4. The maximum atomic E-state index is 12.4. The minimum atomic E-state index is -0.551. The zero-order valence-electron chi connectivity index (χ0n) is 13.8. The third-order valence-corrected chi connectivity index (χ3v) is 3.58. The summed E-state index contributed by atoms with van der Waals surface area (Å²) < 4.78 is 5.78. The van der Waals surface area contributed by atoms with Gasteiger partial charge in [0.05, 0.1) is 19.6 Å². The van der Waals surface area contributed by atoms with Gasteiger partial charge in [-0.15, -0.1) is 0 Å². The maximum Gasteiger partial charge on any atom is 0.307 e. The Labute approximate surface area is 139 Å². The number of hydrogen-bond acceptors (Lipinski definition) is 5. The highest BCUT2D eigenvalue weighted by molar-refractivity contribution is 5.92. The standard InChI is InChI=1S/C17H19N3O4/c1-11-4-6-12(7-5-11)14(10-16(22)24-3)18-17(23)13-8-9-15(21)20(2)19-13/h4-9,14H,10H2,1-3H3,(H,18,23). The number of rotatable bonds is 5. The number of ether oxygens (including phenoxy) is 1. The summed E-state index contributed by atoms with van der Waals surface area (Å²) in [6.07, 6.45) is -0.00291. The average Bonchev–Trinajstić information content (AvgIpc) is 2.57. The molecule has 1 aromatic heterocycles. The van der Waals surface area contributed by atoms with Crippen molar-refractivity contribution in [2.24, 2.45) is 7.05 Å². The molecule has 126 valence electrons. The third-order valence-electron chi connectivity index (χ3n) is 3.58. The number of methoxy groups -OCH3 is 1. The molecular formula is C17H19N3O4. The van der Waals surface area contributed by atoms with Gasteiger partial charge in [0.25, 0.3) is 11.5 Å². The van der Waals surface area contributed by atoms with Crippen LogP contribution in [0.1, 0.15) is 34.1 Å². The van der Waals surface area contributed by atoms with Gasteiger partial charge < -0.3 is 10.1 Å². The molecule has 7 heteroatoms.